The number of rotatable bonds is 6. The first kappa shape index (κ1) is 17.3. The number of carbonyl (C=O) groups excluding carboxylic acids is 1. The zero-order valence-corrected chi connectivity index (χ0v) is 14.7. The van der Waals surface area contributed by atoms with Gasteiger partial charge in [0.25, 0.3) is 0 Å². The smallest absolute Gasteiger partial charge is 0.202 e. The van der Waals surface area contributed by atoms with Crippen LogP contribution < -0.4 is 4.74 Å². The van der Waals surface area contributed by atoms with E-state index in [1.807, 2.05) is 28.8 Å². The summed E-state index contributed by atoms with van der Waals surface area (Å²) in [5.41, 5.74) is 1.48. The van der Waals surface area contributed by atoms with Gasteiger partial charge < -0.3 is 9.30 Å². The molecule has 25 heavy (non-hydrogen) atoms. The topological polar surface area (TPSA) is 55.0 Å². The van der Waals surface area contributed by atoms with Gasteiger partial charge in [0.2, 0.25) is 5.78 Å². The lowest BCUT2D eigenvalue weighted by molar-refractivity contribution is 0.0923. The molecule has 0 aliphatic rings. The number of Topliss-reactive ketones (excluding diaryl/α,β-unsaturated/α-hetero) is 1. The number of benzene rings is 2. The predicted molar refractivity (Wildman–Crippen MR) is 98.5 cm³/mol. The lowest BCUT2D eigenvalue weighted by Gasteiger charge is -2.07. The van der Waals surface area contributed by atoms with Gasteiger partial charge in [-0.3, -0.25) is 4.79 Å². The summed E-state index contributed by atoms with van der Waals surface area (Å²) in [6, 6.07) is 14.7. The third-order valence-electron chi connectivity index (χ3n) is 3.83. The number of para-hydroxylation sites is 1. The number of nitrogens with zero attached hydrogens (tertiary/aromatic N) is 2. The Morgan fingerprint density at radius 1 is 1.16 bits per heavy atom. The minimum atomic E-state index is -0.164. The number of carbonyl (C=O) groups is 1. The molecule has 0 N–H and O–H groups in total. The van der Waals surface area contributed by atoms with Crippen LogP contribution in [0.4, 0.5) is 0 Å². The Morgan fingerprint density at radius 3 is 2.76 bits per heavy atom. The molecule has 0 unspecified atom stereocenters. The van der Waals surface area contributed by atoms with Crippen molar-refractivity contribution in [3.05, 3.63) is 64.3 Å². The van der Waals surface area contributed by atoms with E-state index in [4.69, 9.17) is 33.2 Å². The Labute approximate surface area is 155 Å². The van der Waals surface area contributed by atoms with Crippen LogP contribution in [0, 0.1) is 11.3 Å². The zero-order chi connectivity index (χ0) is 17.8. The van der Waals surface area contributed by atoms with Gasteiger partial charge in [-0.15, -0.1) is 0 Å². The van der Waals surface area contributed by atoms with Gasteiger partial charge in [0.1, 0.15) is 10.8 Å². The highest BCUT2D eigenvalue weighted by molar-refractivity contribution is 6.42. The average molecular weight is 373 g/mol. The van der Waals surface area contributed by atoms with Gasteiger partial charge in [-0.05, 0) is 18.2 Å². The summed E-state index contributed by atoms with van der Waals surface area (Å²) in [6.07, 6.45) is 2.15. The van der Waals surface area contributed by atoms with Gasteiger partial charge in [-0.2, -0.15) is 5.26 Å². The molecule has 126 valence electrons. The van der Waals surface area contributed by atoms with Crippen LogP contribution in [0.2, 0.25) is 10.0 Å². The minimum absolute atomic E-state index is 0.147. The van der Waals surface area contributed by atoms with Crippen LogP contribution >= 0.6 is 23.2 Å². The van der Waals surface area contributed by atoms with Gasteiger partial charge in [0, 0.05) is 29.2 Å². The van der Waals surface area contributed by atoms with Crippen molar-refractivity contribution in [1.82, 2.24) is 4.57 Å². The normalized spacial score (nSPS) is 10.6. The van der Waals surface area contributed by atoms with E-state index in [1.54, 1.807) is 24.4 Å². The Hall–Kier alpha value is -2.48. The largest absolute Gasteiger partial charge is 0.484 e. The van der Waals surface area contributed by atoms with Crippen LogP contribution in [0.25, 0.3) is 10.9 Å². The van der Waals surface area contributed by atoms with Crippen LogP contribution in [-0.2, 0) is 6.54 Å². The van der Waals surface area contributed by atoms with Gasteiger partial charge in [0.15, 0.2) is 6.61 Å². The Bertz CT molecular complexity index is 973. The minimum Gasteiger partial charge on any atom is -0.484 e. The molecule has 0 amide bonds. The molecule has 0 saturated heterocycles. The van der Waals surface area contributed by atoms with Crippen LogP contribution in [-0.4, -0.2) is 17.0 Å². The van der Waals surface area contributed by atoms with Gasteiger partial charge in [-0.1, -0.05) is 47.5 Å². The Balaban J connectivity index is 1.85. The Morgan fingerprint density at radius 2 is 1.96 bits per heavy atom. The van der Waals surface area contributed by atoms with Gasteiger partial charge in [0.05, 0.1) is 17.5 Å². The standard InChI is InChI=1S/C19H14Cl2N2O2/c20-15-6-3-8-18(19(15)21)25-12-17(24)14-11-23(10-4-9-22)16-7-2-1-5-13(14)16/h1-3,5-8,11H,4,10,12H2. The van der Waals surface area contributed by atoms with Crippen molar-refractivity contribution < 1.29 is 9.53 Å². The fraction of sp³-hybridized carbons (Fsp3) is 0.158. The van der Waals surface area contributed by atoms with Crippen molar-refractivity contribution in [2.75, 3.05) is 6.61 Å². The fourth-order valence-corrected chi connectivity index (χ4v) is 2.99. The molecular formula is C19H14Cl2N2O2. The molecule has 6 heteroatoms. The number of aryl methyl sites for hydroxylation is 1. The van der Waals surface area contributed by atoms with Crippen LogP contribution in [0.5, 0.6) is 5.75 Å². The van der Waals surface area contributed by atoms with E-state index in [-0.39, 0.29) is 17.4 Å². The summed E-state index contributed by atoms with van der Waals surface area (Å²) in [4.78, 5) is 12.6. The van der Waals surface area contributed by atoms with Crippen molar-refractivity contribution in [3.8, 4) is 11.8 Å². The molecule has 0 atom stereocenters. The summed E-state index contributed by atoms with van der Waals surface area (Å²) >= 11 is 12.0. The number of nitriles is 1. The summed E-state index contributed by atoms with van der Waals surface area (Å²) in [5.74, 6) is 0.207. The number of hydrogen-bond acceptors (Lipinski definition) is 3. The molecule has 0 bridgehead atoms. The summed E-state index contributed by atoms with van der Waals surface area (Å²) < 4.78 is 7.46. The lowest BCUT2D eigenvalue weighted by atomic mass is 10.1. The molecule has 0 spiro atoms. The lowest BCUT2D eigenvalue weighted by Crippen LogP contribution is -2.11. The first-order valence-corrected chi connectivity index (χ1v) is 8.42. The maximum absolute atomic E-state index is 12.6. The number of halogens is 2. The molecule has 3 aromatic rings. The first-order valence-electron chi connectivity index (χ1n) is 7.66. The molecule has 1 aromatic heterocycles. The van der Waals surface area contributed by atoms with E-state index in [1.165, 1.54) is 0 Å². The van der Waals surface area contributed by atoms with E-state index in [0.29, 0.717) is 29.3 Å². The number of ketones is 1. The molecule has 0 aliphatic heterocycles. The zero-order valence-electron chi connectivity index (χ0n) is 13.2. The highest BCUT2D eigenvalue weighted by Crippen LogP contribution is 2.31. The molecule has 2 aromatic carbocycles. The molecule has 0 aliphatic carbocycles. The van der Waals surface area contributed by atoms with E-state index in [2.05, 4.69) is 6.07 Å². The highest BCUT2D eigenvalue weighted by Gasteiger charge is 2.16. The molecule has 0 radical (unpaired) electrons. The van der Waals surface area contributed by atoms with Crippen molar-refractivity contribution in [2.45, 2.75) is 13.0 Å². The van der Waals surface area contributed by atoms with Crippen LogP contribution in [0.1, 0.15) is 16.8 Å². The summed E-state index contributed by atoms with van der Waals surface area (Å²) in [7, 11) is 0. The van der Waals surface area contributed by atoms with E-state index >= 15 is 0 Å². The maximum atomic E-state index is 12.6. The predicted octanol–water partition coefficient (Wildman–Crippen LogP) is 5.12. The van der Waals surface area contributed by atoms with Gasteiger partial charge >= 0.3 is 0 Å². The summed E-state index contributed by atoms with van der Waals surface area (Å²) in [5, 5.41) is 10.3. The van der Waals surface area contributed by atoms with Crippen LogP contribution in [0.3, 0.4) is 0 Å². The fourth-order valence-electron chi connectivity index (χ4n) is 2.64. The van der Waals surface area contributed by atoms with Gasteiger partial charge in [-0.25, -0.2) is 0 Å². The van der Waals surface area contributed by atoms with Crippen molar-refractivity contribution in [2.24, 2.45) is 0 Å². The number of fused-ring (bicyclic) bond motifs is 1. The quantitative estimate of drug-likeness (QED) is 0.564. The van der Waals surface area contributed by atoms with E-state index in [0.717, 1.165) is 10.9 Å². The number of aromatic nitrogens is 1. The Kier molecular flexibility index (Phi) is 5.28. The van der Waals surface area contributed by atoms with E-state index < -0.39 is 0 Å². The second-order valence-electron chi connectivity index (χ2n) is 5.43. The first-order chi connectivity index (χ1) is 12.1. The highest BCUT2D eigenvalue weighted by atomic mass is 35.5. The van der Waals surface area contributed by atoms with Crippen molar-refractivity contribution in [1.29, 1.82) is 5.26 Å². The SMILES string of the molecule is N#CCCn1cc(C(=O)COc2cccc(Cl)c2Cl)c2ccccc21. The monoisotopic (exact) mass is 372 g/mol. The van der Waals surface area contributed by atoms with Crippen molar-refractivity contribution >= 4 is 39.9 Å². The second kappa shape index (κ2) is 7.60. The molecule has 4 nitrogen and oxygen atoms in total. The molecule has 1 heterocycles. The molecule has 0 fully saturated rings. The number of ether oxygens (including phenoxy) is 1. The molecular weight excluding hydrogens is 359 g/mol. The average Bonchev–Trinajstić information content (AvgIpc) is 3.00. The van der Waals surface area contributed by atoms with Crippen molar-refractivity contribution in [3.63, 3.8) is 0 Å². The second-order valence-corrected chi connectivity index (χ2v) is 6.21. The third-order valence-corrected chi connectivity index (χ3v) is 4.63. The summed E-state index contributed by atoms with van der Waals surface area (Å²) in [6.45, 7) is 0.386. The number of hydrogen-bond donors (Lipinski definition) is 0. The third kappa shape index (κ3) is 3.63. The molecule has 0 saturated carbocycles. The maximum Gasteiger partial charge on any atom is 0.202 e. The molecule has 3 rings (SSSR count). The van der Waals surface area contributed by atoms with Crippen LogP contribution in [0.15, 0.2) is 48.7 Å². The van der Waals surface area contributed by atoms with E-state index in [9.17, 15) is 4.79 Å².